The van der Waals surface area contributed by atoms with Crippen molar-refractivity contribution < 1.29 is 9.90 Å². The average molecular weight is 480 g/mol. The zero-order valence-electron chi connectivity index (χ0n) is 17.3. The van der Waals surface area contributed by atoms with Gasteiger partial charge in [0.25, 0.3) is 5.91 Å². The minimum atomic E-state index is -0.342. The van der Waals surface area contributed by atoms with Gasteiger partial charge in [-0.3, -0.25) is 4.79 Å². The molecule has 0 saturated carbocycles. The molecule has 0 spiro atoms. The van der Waals surface area contributed by atoms with Crippen LogP contribution in [0, 0.1) is 0 Å². The van der Waals surface area contributed by atoms with E-state index in [-0.39, 0.29) is 22.6 Å². The van der Waals surface area contributed by atoms with E-state index in [1.54, 1.807) is 31.4 Å². The average Bonchev–Trinajstić information content (AvgIpc) is 3.14. The molecule has 1 amide bonds. The number of rotatable bonds is 8. The number of anilines is 1. The maximum absolute atomic E-state index is 12.8. The summed E-state index contributed by atoms with van der Waals surface area (Å²) in [5.41, 5.74) is 1.58. The molecule has 1 atom stereocenters. The standard InChI is InChI=1S/C21H23Cl2N5O2S/c1-24-21-25-7-6-16(27-21)18-10-17(29)19(31-18)20(30)26-11-14(28(2)3)8-12-4-5-13(22)9-15(12)23/h4-7,9-10,14,29H,8,11H2,1-3H3,(H,26,30)(H,24,25,27). The Kier molecular flexibility index (Phi) is 7.72. The Labute approximate surface area is 195 Å². The minimum Gasteiger partial charge on any atom is -0.506 e. The smallest absolute Gasteiger partial charge is 0.265 e. The van der Waals surface area contributed by atoms with E-state index in [2.05, 4.69) is 20.6 Å². The van der Waals surface area contributed by atoms with E-state index >= 15 is 0 Å². The van der Waals surface area contributed by atoms with Crippen LogP contribution in [-0.4, -0.2) is 59.6 Å². The number of hydrogen-bond donors (Lipinski definition) is 3. The van der Waals surface area contributed by atoms with Crippen LogP contribution in [0.5, 0.6) is 5.75 Å². The third-order valence-electron chi connectivity index (χ3n) is 4.75. The molecule has 0 fully saturated rings. The highest BCUT2D eigenvalue weighted by atomic mass is 35.5. The van der Waals surface area contributed by atoms with Crippen molar-refractivity contribution in [2.75, 3.05) is 33.0 Å². The van der Waals surface area contributed by atoms with Crippen molar-refractivity contribution in [1.29, 1.82) is 0 Å². The third kappa shape index (κ3) is 5.86. The number of amides is 1. The fourth-order valence-electron chi connectivity index (χ4n) is 2.96. The van der Waals surface area contributed by atoms with Crippen molar-refractivity contribution in [1.82, 2.24) is 20.2 Å². The molecule has 31 heavy (non-hydrogen) atoms. The lowest BCUT2D eigenvalue weighted by atomic mass is 10.0. The predicted octanol–water partition coefficient (Wildman–Crippen LogP) is 4.16. The molecule has 1 unspecified atom stereocenters. The van der Waals surface area contributed by atoms with Gasteiger partial charge >= 0.3 is 0 Å². The van der Waals surface area contributed by atoms with Crippen LogP contribution in [0.25, 0.3) is 10.6 Å². The highest BCUT2D eigenvalue weighted by Gasteiger charge is 2.20. The molecule has 3 aromatic rings. The molecule has 2 heterocycles. The van der Waals surface area contributed by atoms with E-state index in [0.717, 1.165) is 5.56 Å². The van der Waals surface area contributed by atoms with Crippen molar-refractivity contribution >= 4 is 46.4 Å². The molecule has 10 heteroatoms. The summed E-state index contributed by atoms with van der Waals surface area (Å²) in [5.74, 6) is 0.0426. The topological polar surface area (TPSA) is 90.4 Å². The lowest BCUT2D eigenvalue weighted by Crippen LogP contribution is -2.41. The van der Waals surface area contributed by atoms with Crippen LogP contribution >= 0.6 is 34.5 Å². The molecule has 2 aromatic heterocycles. The first kappa shape index (κ1) is 23.3. The highest BCUT2D eigenvalue weighted by Crippen LogP contribution is 2.34. The number of thiophene rings is 1. The molecule has 0 bridgehead atoms. The number of aromatic hydroxyl groups is 1. The fourth-order valence-corrected chi connectivity index (χ4v) is 4.38. The van der Waals surface area contributed by atoms with E-state index in [1.165, 1.54) is 17.4 Å². The molecule has 3 N–H and O–H groups in total. The zero-order valence-corrected chi connectivity index (χ0v) is 19.6. The quantitative estimate of drug-likeness (QED) is 0.449. The fraction of sp³-hybridized carbons (Fsp3) is 0.286. The van der Waals surface area contributed by atoms with Crippen LogP contribution in [0.3, 0.4) is 0 Å². The predicted molar refractivity (Wildman–Crippen MR) is 127 cm³/mol. The van der Waals surface area contributed by atoms with Gasteiger partial charge in [-0.2, -0.15) is 0 Å². The lowest BCUT2D eigenvalue weighted by Gasteiger charge is -2.25. The lowest BCUT2D eigenvalue weighted by molar-refractivity contribution is 0.0943. The summed E-state index contributed by atoms with van der Waals surface area (Å²) < 4.78 is 0. The van der Waals surface area contributed by atoms with Gasteiger partial charge in [0.05, 0.1) is 10.6 Å². The number of carbonyl (C=O) groups excluding carboxylic acids is 1. The molecule has 0 aliphatic heterocycles. The molecule has 164 valence electrons. The van der Waals surface area contributed by atoms with Gasteiger partial charge in [-0.25, -0.2) is 9.97 Å². The molecule has 0 aliphatic carbocycles. The second kappa shape index (κ2) is 10.3. The highest BCUT2D eigenvalue weighted by molar-refractivity contribution is 7.17. The number of likely N-dealkylation sites (N-methyl/N-ethyl adjacent to an activating group) is 1. The second-order valence-corrected chi connectivity index (χ2v) is 9.00. The van der Waals surface area contributed by atoms with E-state index in [4.69, 9.17) is 23.2 Å². The van der Waals surface area contributed by atoms with Crippen LogP contribution in [0.1, 0.15) is 15.2 Å². The van der Waals surface area contributed by atoms with Crippen molar-refractivity contribution in [3.05, 3.63) is 57.0 Å². The van der Waals surface area contributed by atoms with E-state index in [9.17, 15) is 9.90 Å². The Morgan fingerprint density at radius 2 is 2.03 bits per heavy atom. The van der Waals surface area contributed by atoms with Gasteiger partial charge in [0, 0.05) is 41.9 Å². The van der Waals surface area contributed by atoms with Gasteiger partial charge in [0.15, 0.2) is 0 Å². The Morgan fingerprint density at radius 1 is 1.26 bits per heavy atom. The molecule has 0 saturated heterocycles. The summed E-state index contributed by atoms with van der Waals surface area (Å²) in [7, 11) is 5.61. The summed E-state index contributed by atoms with van der Waals surface area (Å²) in [6.07, 6.45) is 2.26. The molecule has 3 rings (SSSR count). The first-order valence-corrected chi connectivity index (χ1v) is 11.1. The van der Waals surface area contributed by atoms with Crippen molar-refractivity contribution in [2.45, 2.75) is 12.5 Å². The Balaban J connectivity index is 1.70. The summed E-state index contributed by atoms with van der Waals surface area (Å²) in [5, 5.41) is 17.3. The first-order chi connectivity index (χ1) is 14.8. The Morgan fingerprint density at radius 3 is 2.71 bits per heavy atom. The first-order valence-electron chi connectivity index (χ1n) is 9.51. The van der Waals surface area contributed by atoms with E-state index in [1.807, 2.05) is 25.1 Å². The SMILES string of the molecule is CNc1nccc(-c2cc(O)c(C(=O)NCC(Cc3ccc(Cl)cc3Cl)N(C)C)s2)n1. The number of carbonyl (C=O) groups is 1. The van der Waals surface area contributed by atoms with E-state index < -0.39 is 0 Å². The van der Waals surface area contributed by atoms with Crippen molar-refractivity contribution in [2.24, 2.45) is 0 Å². The number of halogens is 2. The molecular formula is C21H23Cl2N5O2S. The van der Waals surface area contributed by atoms with Gasteiger partial charge in [0.1, 0.15) is 10.6 Å². The van der Waals surface area contributed by atoms with Gasteiger partial charge in [-0.15, -0.1) is 11.3 Å². The second-order valence-electron chi connectivity index (χ2n) is 7.11. The maximum Gasteiger partial charge on any atom is 0.265 e. The van der Waals surface area contributed by atoms with Crippen LogP contribution in [-0.2, 0) is 6.42 Å². The number of aromatic nitrogens is 2. The number of hydrogen-bond acceptors (Lipinski definition) is 7. The summed E-state index contributed by atoms with van der Waals surface area (Å²) in [6.45, 7) is 0.384. The maximum atomic E-state index is 12.8. The summed E-state index contributed by atoms with van der Waals surface area (Å²) in [6, 6.07) is 8.67. The van der Waals surface area contributed by atoms with Crippen LogP contribution in [0.4, 0.5) is 5.95 Å². The monoisotopic (exact) mass is 479 g/mol. The number of benzene rings is 1. The largest absolute Gasteiger partial charge is 0.506 e. The third-order valence-corrected chi connectivity index (χ3v) is 6.48. The summed E-state index contributed by atoms with van der Waals surface area (Å²) >= 11 is 13.5. The van der Waals surface area contributed by atoms with Gasteiger partial charge in [-0.1, -0.05) is 29.3 Å². The molecular weight excluding hydrogens is 457 g/mol. The number of nitrogens with one attached hydrogen (secondary N) is 2. The van der Waals surface area contributed by atoms with Crippen molar-refractivity contribution in [3.63, 3.8) is 0 Å². The zero-order chi connectivity index (χ0) is 22.5. The normalized spacial score (nSPS) is 12.1. The van der Waals surface area contributed by atoms with Crippen LogP contribution in [0.2, 0.25) is 10.0 Å². The Bertz CT molecular complexity index is 1070. The minimum absolute atomic E-state index is 0.00394. The molecule has 0 aliphatic rings. The number of nitrogens with zero attached hydrogens (tertiary/aromatic N) is 3. The van der Waals surface area contributed by atoms with Crippen molar-refractivity contribution in [3.8, 4) is 16.3 Å². The van der Waals surface area contributed by atoms with Gasteiger partial charge in [-0.05, 0) is 44.3 Å². The van der Waals surface area contributed by atoms with Gasteiger partial charge in [0.2, 0.25) is 5.95 Å². The summed E-state index contributed by atoms with van der Waals surface area (Å²) in [4.78, 5) is 24.1. The molecule has 1 aromatic carbocycles. The van der Waals surface area contributed by atoms with Crippen LogP contribution < -0.4 is 10.6 Å². The molecule has 7 nitrogen and oxygen atoms in total. The molecule has 0 radical (unpaired) electrons. The Hall–Kier alpha value is -2.39. The van der Waals surface area contributed by atoms with E-state index in [0.29, 0.717) is 39.5 Å². The van der Waals surface area contributed by atoms with Gasteiger partial charge < -0.3 is 20.6 Å². The van der Waals surface area contributed by atoms with Crippen LogP contribution in [0.15, 0.2) is 36.5 Å².